The van der Waals surface area contributed by atoms with Crippen LogP contribution in [0.1, 0.15) is 33.3 Å². The maximum Gasteiger partial charge on any atom is 0.260 e. The van der Waals surface area contributed by atoms with Crippen LogP contribution in [0, 0.1) is 12.3 Å². The number of nitrogens with one attached hydrogen (secondary N) is 1. The number of ether oxygens (including phenoxy) is 1. The van der Waals surface area contributed by atoms with E-state index in [0.717, 1.165) is 21.8 Å². The standard InChI is InChI=1S/C17H27N3O4S/c1-12-8-9-15(24-6)14(10-12)20(25(7,22)23)11-16(21)19-18-13(2)17(3,4)5/h8-10H,11H2,1-7H3,(H,19,21)/b18-13-. The fourth-order valence-corrected chi connectivity index (χ4v) is 2.71. The summed E-state index contributed by atoms with van der Waals surface area (Å²) in [5.74, 6) is -0.157. The molecule has 0 fully saturated rings. The second-order valence-electron chi connectivity index (χ2n) is 6.93. The van der Waals surface area contributed by atoms with E-state index < -0.39 is 15.9 Å². The van der Waals surface area contributed by atoms with Gasteiger partial charge < -0.3 is 4.74 Å². The van der Waals surface area contributed by atoms with Gasteiger partial charge in [0.2, 0.25) is 10.0 Å². The van der Waals surface area contributed by atoms with Gasteiger partial charge in [-0.15, -0.1) is 0 Å². The topological polar surface area (TPSA) is 88.1 Å². The van der Waals surface area contributed by atoms with Gasteiger partial charge >= 0.3 is 0 Å². The Morgan fingerprint density at radius 2 is 1.92 bits per heavy atom. The third-order valence-corrected chi connectivity index (χ3v) is 4.85. The highest BCUT2D eigenvalue weighted by atomic mass is 32.2. The fraction of sp³-hybridized carbons (Fsp3) is 0.529. The molecule has 0 saturated heterocycles. The maximum atomic E-state index is 12.2. The van der Waals surface area contributed by atoms with Gasteiger partial charge in [0, 0.05) is 11.1 Å². The van der Waals surface area contributed by atoms with Gasteiger partial charge in [-0.1, -0.05) is 26.8 Å². The first-order valence-electron chi connectivity index (χ1n) is 7.82. The lowest BCUT2D eigenvalue weighted by Gasteiger charge is -2.24. The fourth-order valence-electron chi connectivity index (χ4n) is 1.86. The van der Waals surface area contributed by atoms with Crippen LogP contribution in [0.15, 0.2) is 23.3 Å². The van der Waals surface area contributed by atoms with Crippen molar-refractivity contribution < 1.29 is 17.9 Å². The van der Waals surface area contributed by atoms with E-state index in [0.29, 0.717) is 11.4 Å². The number of sulfonamides is 1. The molecular formula is C17H27N3O4S. The summed E-state index contributed by atoms with van der Waals surface area (Å²) in [6, 6.07) is 5.14. The van der Waals surface area contributed by atoms with Gasteiger partial charge in [0.15, 0.2) is 0 Å². The highest BCUT2D eigenvalue weighted by molar-refractivity contribution is 7.92. The number of rotatable bonds is 6. The molecule has 8 heteroatoms. The summed E-state index contributed by atoms with van der Waals surface area (Å²) in [4.78, 5) is 12.2. The normalized spacial score (nSPS) is 12.7. The summed E-state index contributed by atoms with van der Waals surface area (Å²) in [7, 11) is -2.24. The molecule has 25 heavy (non-hydrogen) atoms. The average Bonchev–Trinajstić information content (AvgIpc) is 2.48. The predicted molar refractivity (Wildman–Crippen MR) is 101 cm³/mol. The van der Waals surface area contributed by atoms with Crippen molar-refractivity contribution in [3.05, 3.63) is 23.8 Å². The Balaban J connectivity index is 3.12. The van der Waals surface area contributed by atoms with Crippen LogP contribution in [0.5, 0.6) is 5.75 Å². The number of benzene rings is 1. The van der Waals surface area contributed by atoms with Crippen molar-refractivity contribution in [3.63, 3.8) is 0 Å². The van der Waals surface area contributed by atoms with E-state index in [1.807, 2.05) is 27.7 Å². The smallest absolute Gasteiger partial charge is 0.260 e. The van der Waals surface area contributed by atoms with Crippen molar-refractivity contribution in [1.29, 1.82) is 0 Å². The van der Waals surface area contributed by atoms with Crippen LogP contribution in [-0.4, -0.2) is 39.9 Å². The van der Waals surface area contributed by atoms with E-state index in [-0.39, 0.29) is 12.0 Å². The monoisotopic (exact) mass is 369 g/mol. The molecule has 0 aromatic heterocycles. The van der Waals surface area contributed by atoms with Gasteiger partial charge in [-0.05, 0) is 31.5 Å². The van der Waals surface area contributed by atoms with Crippen LogP contribution in [0.25, 0.3) is 0 Å². The van der Waals surface area contributed by atoms with E-state index in [9.17, 15) is 13.2 Å². The number of carbonyl (C=O) groups is 1. The molecule has 0 unspecified atom stereocenters. The second kappa shape index (κ2) is 7.86. The Labute approximate surface area is 150 Å². The van der Waals surface area contributed by atoms with Gasteiger partial charge in [0.05, 0.1) is 19.1 Å². The van der Waals surface area contributed by atoms with E-state index >= 15 is 0 Å². The Hall–Kier alpha value is -2.09. The highest BCUT2D eigenvalue weighted by Gasteiger charge is 2.24. The Bertz CT molecular complexity index is 765. The van der Waals surface area contributed by atoms with Crippen LogP contribution >= 0.6 is 0 Å². The van der Waals surface area contributed by atoms with Crippen molar-refractivity contribution in [2.24, 2.45) is 10.5 Å². The highest BCUT2D eigenvalue weighted by Crippen LogP contribution is 2.30. The second-order valence-corrected chi connectivity index (χ2v) is 8.83. The van der Waals surface area contributed by atoms with E-state index in [1.165, 1.54) is 7.11 Å². The zero-order valence-corrected chi connectivity index (χ0v) is 16.7. The van der Waals surface area contributed by atoms with Crippen LogP contribution < -0.4 is 14.5 Å². The molecule has 1 aromatic carbocycles. The third-order valence-electron chi connectivity index (χ3n) is 3.72. The van der Waals surface area contributed by atoms with Gasteiger partial charge in [0.25, 0.3) is 5.91 Å². The summed E-state index contributed by atoms with van der Waals surface area (Å²) in [5.41, 5.74) is 4.13. The van der Waals surface area contributed by atoms with E-state index in [2.05, 4.69) is 10.5 Å². The molecule has 0 spiro atoms. The number of hydrogen-bond donors (Lipinski definition) is 1. The molecule has 1 amide bonds. The maximum absolute atomic E-state index is 12.2. The van der Waals surface area contributed by atoms with Crippen molar-refractivity contribution in [2.75, 3.05) is 24.2 Å². The predicted octanol–water partition coefficient (Wildman–Crippen LogP) is 2.31. The number of anilines is 1. The quantitative estimate of drug-likeness (QED) is 0.616. The number of hydrazone groups is 1. The summed E-state index contributed by atoms with van der Waals surface area (Å²) in [6.45, 7) is 9.16. The first-order valence-corrected chi connectivity index (χ1v) is 9.67. The SMILES string of the molecule is COc1ccc(C)cc1N(CC(=O)N/N=C(/C)C(C)(C)C)S(C)(=O)=O. The van der Waals surface area contributed by atoms with Gasteiger partial charge in [-0.25, -0.2) is 13.8 Å². The number of amides is 1. The number of hydrogen-bond acceptors (Lipinski definition) is 5. The molecule has 0 saturated carbocycles. The van der Waals surface area contributed by atoms with Crippen LogP contribution in [-0.2, 0) is 14.8 Å². The minimum atomic E-state index is -3.69. The molecule has 7 nitrogen and oxygen atoms in total. The minimum Gasteiger partial charge on any atom is -0.495 e. The zero-order chi connectivity index (χ0) is 19.4. The molecule has 0 aliphatic heterocycles. The summed E-state index contributed by atoms with van der Waals surface area (Å²) >= 11 is 0. The number of aryl methyl sites for hydroxylation is 1. The molecule has 0 atom stereocenters. The molecule has 0 aliphatic rings. The summed E-state index contributed by atoms with van der Waals surface area (Å²) in [5, 5.41) is 4.05. The summed E-state index contributed by atoms with van der Waals surface area (Å²) < 4.78 is 30.6. The first-order chi connectivity index (χ1) is 11.4. The first kappa shape index (κ1) is 21.0. The van der Waals surface area contributed by atoms with Crippen LogP contribution in [0.4, 0.5) is 5.69 Å². The summed E-state index contributed by atoms with van der Waals surface area (Å²) in [6.07, 6.45) is 1.05. The molecule has 140 valence electrons. The number of nitrogens with zero attached hydrogens (tertiary/aromatic N) is 2. The van der Waals surface area contributed by atoms with Gasteiger partial charge in [-0.2, -0.15) is 5.10 Å². The molecule has 1 rings (SSSR count). The van der Waals surface area contributed by atoms with Crippen molar-refractivity contribution in [1.82, 2.24) is 5.43 Å². The number of carbonyl (C=O) groups excluding carboxylic acids is 1. The lowest BCUT2D eigenvalue weighted by Crippen LogP contribution is -2.39. The van der Waals surface area contributed by atoms with Crippen LogP contribution in [0.2, 0.25) is 0 Å². The molecule has 0 aliphatic carbocycles. The molecule has 1 aromatic rings. The Kier molecular flexibility index (Phi) is 6.59. The lowest BCUT2D eigenvalue weighted by atomic mass is 9.91. The van der Waals surface area contributed by atoms with Crippen molar-refractivity contribution in [2.45, 2.75) is 34.6 Å². The zero-order valence-electron chi connectivity index (χ0n) is 15.9. The van der Waals surface area contributed by atoms with Crippen LogP contribution in [0.3, 0.4) is 0 Å². The molecular weight excluding hydrogens is 342 g/mol. The molecule has 1 N–H and O–H groups in total. The average molecular weight is 369 g/mol. The van der Waals surface area contributed by atoms with Gasteiger partial charge in [0.1, 0.15) is 12.3 Å². The van der Waals surface area contributed by atoms with Crippen molar-refractivity contribution in [3.8, 4) is 5.75 Å². The third kappa shape index (κ3) is 6.04. The number of methoxy groups -OCH3 is 1. The van der Waals surface area contributed by atoms with E-state index in [1.54, 1.807) is 25.1 Å². The van der Waals surface area contributed by atoms with Gasteiger partial charge in [-0.3, -0.25) is 9.10 Å². The van der Waals surface area contributed by atoms with Crippen molar-refractivity contribution >= 4 is 27.3 Å². The molecule has 0 heterocycles. The lowest BCUT2D eigenvalue weighted by molar-refractivity contribution is -0.119. The Morgan fingerprint density at radius 1 is 1.32 bits per heavy atom. The molecule has 0 bridgehead atoms. The van der Waals surface area contributed by atoms with E-state index in [4.69, 9.17) is 4.74 Å². The minimum absolute atomic E-state index is 0.191. The molecule has 0 radical (unpaired) electrons. The Morgan fingerprint density at radius 3 is 2.40 bits per heavy atom. The largest absolute Gasteiger partial charge is 0.495 e.